The Morgan fingerprint density at radius 3 is 2.82 bits per heavy atom. The zero-order chi connectivity index (χ0) is 12.4. The van der Waals surface area contributed by atoms with Gasteiger partial charge in [0.2, 0.25) is 0 Å². The fraction of sp³-hybridized carbons (Fsp3) is 0.538. The van der Waals surface area contributed by atoms with Crippen molar-refractivity contribution in [2.75, 3.05) is 26.0 Å². The molecule has 1 aromatic carbocycles. The van der Waals surface area contributed by atoms with Gasteiger partial charge >= 0.3 is 0 Å². The van der Waals surface area contributed by atoms with E-state index in [0.717, 1.165) is 13.0 Å². The summed E-state index contributed by atoms with van der Waals surface area (Å²) >= 11 is 0. The molecular weight excluding hydrogens is 219 g/mol. The van der Waals surface area contributed by atoms with Gasteiger partial charge in [-0.05, 0) is 32.5 Å². The first-order valence-corrected chi connectivity index (χ1v) is 5.90. The lowest BCUT2D eigenvalue weighted by Gasteiger charge is -2.15. The molecule has 1 aliphatic heterocycles. The van der Waals surface area contributed by atoms with Crippen LogP contribution in [0.3, 0.4) is 0 Å². The maximum absolute atomic E-state index is 13.6. The van der Waals surface area contributed by atoms with Crippen molar-refractivity contribution in [3.8, 4) is 5.75 Å². The monoisotopic (exact) mass is 238 g/mol. The largest absolute Gasteiger partial charge is 0.497 e. The van der Waals surface area contributed by atoms with Crippen LogP contribution in [0.5, 0.6) is 5.75 Å². The van der Waals surface area contributed by atoms with Crippen LogP contribution in [-0.4, -0.2) is 37.7 Å². The van der Waals surface area contributed by atoms with Gasteiger partial charge in [-0.1, -0.05) is 0 Å². The Bertz CT molecular complexity index is 387. The average molecular weight is 238 g/mol. The van der Waals surface area contributed by atoms with E-state index in [9.17, 15) is 4.39 Å². The van der Waals surface area contributed by atoms with Crippen molar-refractivity contribution in [1.82, 2.24) is 4.90 Å². The van der Waals surface area contributed by atoms with Gasteiger partial charge in [0.1, 0.15) is 11.6 Å². The molecule has 1 heterocycles. The van der Waals surface area contributed by atoms with Crippen molar-refractivity contribution in [2.24, 2.45) is 0 Å². The molecule has 0 bridgehead atoms. The van der Waals surface area contributed by atoms with Gasteiger partial charge in [0.15, 0.2) is 0 Å². The first-order valence-electron chi connectivity index (χ1n) is 5.90. The lowest BCUT2D eigenvalue weighted by molar-refractivity contribution is 0.330. The summed E-state index contributed by atoms with van der Waals surface area (Å²) in [7, 11) is 3.68. The summed E-state index contributed by atoms with van der Waals surface area (Å²) in [6, 6.07) is 5.61. The van der Waals surface area contributed by atoms with E-state index >= 15 is 0 Å². The van der Waals surface area contributed by atoms with E-state index in [1.54, 1.807) is 19.2 Å². The highest BCUT2D eigenvalue weighted by Crippen LogP contribution is 2.25. The molecule has 0 saturated carbocycles. The van der Waals surface area contributed by atoms with Crippen LogP contribution < -0.4 is 10.1 Å². The summed E-state index contributed by atoms with van der Waals surface area (Å²) in [5, 5.41) is 3.25. The van der Waals surface area contributed by atoms with Gasteiger partial charge in [0.05, 0.1) is 12.8 Å². The van der Waals surface area contributed by atoms with E-state index in [1.807, 2.05) is 0 Å². The molecule has 0 aromatic heterocycles. The first-order chi connectivity index (χ1) is 8.10. The molecule has 1 N–H and O–H groups in total. The van der Waals surface area contributed by atoms with E-state index in [4.69, 9.17) is 4.74 Å². The number of methoxy groups -OCH3 is 1. The molecule has 2 unspecified atom stereocenters. The van der Waals surface area contributed by atoms with Crippen molar-refractivity contribution in [3.63, 3.8) is 0 Å². The number of rotatable bonds is 3. The highest BCUT2D eigenvalue weighted by Gasteiger charge is 2.26. The summed E-state index contributed by atoms with van der Waals surface area (Å²) in [4.78, 5) is 2.27. The normalized spacial score (nSPS) is 24.9. The van der Waals surface area contributed by atoms with Crippen LogP contribution in [0.15, 0.2) is 18.2 Å². The van der Waals surface area contributed by atoms with E-state index in [1.165, 1.54) is 6.07 Å². The Morgan fingerprint density at radius 2 is 2.24 bits per heavy atom. The predicted molar refractivity (Wildman–Crippen MR) is 67.1 cm³/mol. The van der Waals surface area contributed by atoms with Crippen LogP contribution >= 0.6 is 0 Å². The number of ether oxygens (including phenoxy) is 1. The maximum Gasteiger partial charge on any atom is 0.146 e. The van der Waals surface area contributed by atoms with Crippen LogP contribution in [0.4, 0.5) is 10.1 Å². The summed E-state index contributed by atoms with van der Waals surface area (Å²) in [6.45, 7) is 3.13. The smallest absolute Gasteiger partial charge is 0.146 e. The molecule has 94 valence electrons. The van der Waals surface area contributed by atoms with Crippen LogP contribution in [0, 0.1) is 5.82 Å². The van der Waals surface area contributed by atoms with Crippen LogP contribution in [-0.2, 0) is 0 Å². The SMILES string of the molecule is COc1ccc(F)c(NC2CC(C)N(C)C2)c1. The summed E-state index contributed by atoms with van der Waals surface area (Å²) in [5.74, 6) is 0.446. The van der Waals surface area contributed by atoms with Crippen LogP contribution in [0.25, 0.3) is 0 Å². The predicted octanol–water partition coefficient (Wildman–Crippen LogP) is 2.34. The molecule has 1 aromatic rings. The van der Waals surface area contributed by atoms with Crippen molar-refractivity contribution in [3.05, 3.63) is 24.0 Å². The second-order valence-electron chi connectivity index (χ2n) is 4.71. The number of hydrogen-bond acceptors (Lipinski definition) is 3. The minimum Gasteiger partial charge on any atom is -0.497 e. The summed E-state index contributed by atoms with van der Waals surface area (Å²) in [6.07, 6.45) is 1.03. The van der Waals surface area contributed by atoms with Gasteiger partial charge in [0, 0.05) is 24.7 Å². The Kier molecular flexibility index (Phi) is 3.52. The van der Waals surface area contributed by atoms with Gasteiger partial charge < -0.3 is 15.0 Å². The highest BCUT2D eigenvalue weighted by molar-refractivity contribution is 5.50. The molecule has 2 atom stereocenters. The van der Waals surface area contributed by atoms with E-state index in [0.29, 0.717) is 23.5 Å². The fourth-order valence-corrected chi connectivity index (χ4v) is 2.26. The third kappa shape index (κ3) is 2.69. The standard InChI is InChI=1S/C13H19FN2O/c1-9-6-10(8-16(9)2)15-13-7-11(17-3)4-5-12(13)14/h4-5,7,9-10,15H,6,8H2,1-3H3. The highest BCUT2D eigenvalue weighted by atomic mass is 19.1. The molecule has 0 radical (unpaired) electrons. The molecule has 3 nitrogen and oxygen atoms in total. The second-order valence-corrected chi connectivity index (χ2v) is 4.71. The number of nitrogens with zero attached hydrogens (tertiary/aromatic N) is 1. The third-order valence-electron chi connectivity index (χ3n) is 3.42. The molecule has 0 spiro atoms. The minimum absolute atomic E-state index is 0.229. The molecule has 0 amide bonds. The number of hydrogen-bond donors (Lipinski definition) is 1. The summed E-state index contributed by atoms with van der Waals surface area (Å²) < 4.78 is 18.7. The minimum atomic E-state index is -0.229. The molecule has 4 heteroatoms. The molecular formula is C13H19FN2O. The van der Waals surface area contributed by atoms with Crippen molar-refractivity contribution in [2.45, 2.75) is 25.4 Å². The Hall–Kier alpha value is -1.29. The van der Waals surface area contributed by atoms with Crippen molar-refractivity contribution < 1.29 is 9.13 Å². The number of likely N-dealkylation sites (N-methyl/N-ethyl adjacent to an activating group) is 1. The Balaban J connectivity index is 2.08. The molecule has 1 aliphatic rings. The fourth-order valence-electron chi connectivity index (χ4n) is 2.26. The van der Waals surface area contributed by atoms with Crippen LogP contribution in [0.1, 0.15) is 13.3 Å². The average Bonchev–Trinajstić information content (AvgIpc) is 2.61. The maximum atomic E-state index is 13.6. The number of nitrogens with one attached hydrogen (secondary N) is 1. The number of anilines is 1. The van der Waals surface area contributed by atoms with Gasteiger partial charge in [-0.2, -0.15) is 0 Å². The summed E-state index contributed by atoms with van der Waals surface area (Å²) in [5.41, 5.74) is 0.525. The van der Waals surface area contributed by atoms with E-state index in [-0.39, 0.29) is 5.82 Å². The number of likely N-dealkylation sites (tertiary alicyclic amines) is 1. The van der Waals surface area contributed by atoms with Gasteiger partial charge in [-0.15, -0.1) is 0 Å². The zero-order valence-corrected chi connectivity index (χ0v) is 10.5. The van der Waals surface area contributed by atoms with Crippen molar-refractivity contribution in [1.29, 1.82) is 0 Å². The van der Waals surface area contributed by atoms with Crippen molar-refractivity contribution >= 4 is 5.69 Å². The van der Waals surface area contributed by atoms with Gasteiger partial charge in [0.25, 0.3) is 0 Å². The second kappa shape index (κ2) is 4.92. The topological polar surface area (TPSA) is 24.5 Å². The quantitative estimate of drug-likeness (QED) is 0.874. The third-order valence-corrected chi connectivity index (χ3v) is 3.42. The van der Waals surface area contributed by atoms with Gasteiger partial charge in [-0.25, -0.2) is 4.39 Å². The molecule has 1 saturated heterocycles. The lowest BCUT2D eigenvalue weighted by atomic mass is 10.2. The van der Waals surface area contributed by atoms with E-state index < -0.39 is 0 Å². The molecule has 0 aliphatic carbocycles. The molecule has 17 heavy (non-hydrogen) atoms. The molecule has 1 fully saturated rings. The molecule has 2 rings (SSSR count). The Labute approximate surface area is 102 Å². The lowest BCUT2D eigenvalue weighted by Crippen LogP contribution is -2.25. The first kappa shape index (κ1) is 12.2. The van der Waals surface area contributed by atoms with Crippen LogP contribution in [0.2, 0.25) is 0 Å². The number of benzene rings is 1. The van der Waals surface area contributed by atoms with E-state index in [2.05, 4.69) is 24.2 Å². The zero-order valence-electron chi connectivity index (χ0n) is 10.5. The van der Waals surface area contributed by atoms with Gasteiger partial charge in [-0.3, -0.25) is 0 Å². The number of halogens is 1. The Morgan fingerprint density at radius 1 is 1.47 bits per heavy atom.